The Labute approximate surface area is 105 Å². The highest BCUT2D eigenvalue weighted by molar-refractivity contribution is 5.73. The first-order chi connectivity index (χ1) is 8.34. The molecule has 104 valence electrons. The zero-order valence-corrected chi connectivity index (χ0v) is 11.0. The number of carboxylic acid groups (broad SMARTS) is 1. The van der Waals surface area contributed by atoms with E-state index in [-0.39, 0.29) is 12.7 Å². The summed E-state index contributed by atoms with van der Waals surface area (Å²) in [5, 5.41) is 17.0. The number of carboxylic acids is 1. The molecule has 0 aliphatic heterocycles. The lowest BCUT2D eigenvalue weighted by molar-refractivity contribution is -0.155. The maximum absolute atomic E-state index is 11.0. The van der Waals surface area contributed by atoms with Crippen molar-refractivity contribution >= 4 is 11.9 Å². The van der Waals surface area contributed by atoms with Crippen molar-refractivity contribution < 1.29 is 24.3 Å². The number of ether oxygens (including phenoxy) is 1. The van der Waals surface area contributed by atoms with Gasteiger partial charge in [0.05, 0.1) is 0 Å². The van der Waals surface area contributed by atoms with Crippen molar-refractivity contribution in [2.75, 3.05) is 13.8 Å². The molecular formula is C10H19N3O5. The summed E-state index contributed by atoms with van der Waals surface area (Å²) >= 11 is 0. The normalized spacial score (nSPS) is 12.5. The molecule has 0 heterocycles. The highest BCUT2D eigenvalue weighted by Gasteiger charge is 2.23. The lowest BCUT2D eigenvalue weighted by Gasteiger charge is -2.21. The first kappa shape index (κ1) is 16.1. The van der Waals surface area contributed by atoms with Crippen LogP contribution in [-0.2, 0) is 19.2 Å². The van der Waals surface area contributed by atoms with Gasteiger partial charge in [-0.2, -0.15) is 0 Å². The predicted molar refractivity (Wildman–Crippen MR) is 61.2 cm³/mol. The summed E-state index contributed by atoms with van der Waals surface area (Å²) in [7, 11) is 1.49. The van der Waals surface area contributed by atoms with Crippen LogP contribution in [0.2, 0.25) is 0 Å². The quantitative estimate of drug-likeness (QED) is 0.232. The van der Waals surface area contributed by atoms with Crippen LogP contribution >= 0.6 is 0 Å². The van der Waals surface area contributed by atoms with Crippen LogP contribution in [0.5, 0.6) is 0 Å². The lowest BCUT2D eigenvalue weighted by atomic mass is 10.0. The maximum Gasteiger partial charge on any atom is 0.328 e. The Balaban J connectivity index is 4.16. The molecule has 1 atom stereocenters. The topological polar surface area (TPSA) is 101 Å². The number of nitrogens with zero attached hydrogens (tertiary/aromatic N) is 3. The molecule has 18 heavy (non-hydrogen) atoms. The van der Waals surface area contributed by atoms with E-state index in [1.54, 1.807) is 0 Å². The number of carbonyl (C=O) groups excluding carboxylic acids is 1. The summed E-state index contributed by atoms with van der Waals surface area (Å²) in [6, 6.07) is -0.772. The van der Waals surface area contributed by atoms with Gasteiger partial charge in [-0.15, -0.1) is 0 Å². The Kier molecular flexibility index (Phi) is 7.41. The molecule has 0 amide bonds. The van der Waals surface area contributed by atoms with E-state index in [1.807, 2.05) is 13.8 Å². The average molecular weight is 261 g/mol. The molecular weight excluding hydrogens is 242 g/mol. The van der Waals surface area contributed by atoms with Crippen molar-refractivity contribution in [3.63, 3.8) is 0 Å². The van der Waals surface area contributed by atoms with Crippen LogP contribution in [0.15, 0.2) is 10.5 Å². The minimum absolute atomic E-state index is 0.214. The highest BCUT2D eigenvalue weighted by atomic mass is 16.8. The van der Waals surface area contributed by atoms with E-state index >= 15 is 0 Å². The fourth-order valence-electron chi connectivity index (χ4n) is 1.14. The minimum Gasteiger partial charge on any atom is -0.480 e. The van der Waals surface area contributed by atoms with Crippen LogP contribution in [0.1, 0.15) is 27.2 Å². The summed E-state index contributed by atoms with van der Waals surface area (Å²) in [5.74, 6) is -1.27. The van der Waals surface area contributed by atoms with Crippen molar-refractivity contribution in [1.29, 1.82) is 0 Å². The molecule has 0 aromatic rings. The van der Waals surface area contributed by atoms with Gasteiger partial charge in [0.1, 0.15) is 6.04 Å². The van der Waals surface area contributed by atoms with Gasteiger partial charge in [-0.1, -0.05) is 13.8 Å². The fourth-order valence-corrected chi connectivity index (χ4v) is 1.14. The van der Waals surface area contributed by atoms with Crippen LogP contribution in [0.25, 0.3) is 0 Å². The summed E-state index contributed by atoms with van der Waals surface area (Å²) < 4.78 is 4.45. The number of hydrogen-bond donors (Lipinski definition) is 1. The van der Waals surface area contributed by atoms with E-state index in [4.69, 9.17) is 5.11 Å². The van der Waals surface area contributed by atoms with Crippen LogP contribution in [0.3, 0.4) is 0 Å². The van der Waals surface area contributed by atoms with E-state index in [1.165, 1.54) is 19.0 Å². The first-order valence-corrected chi connectivity index (χ1v) is 5.46. The van der Waals surface area contributed by atoms with Crippen molar-refractivity contribution in [1.82, 2.24) is 5.01 Å². The molecule has 1 N–H and O–H groups in total. The number of hydrogen-bond acceptors (Lipinski definition) is 6. The van der Waals surface area contributed by atoms with Crippen molar-refractivity contribution in [2.24, 2.45) is 16.4 Å². The summed E-state index contributed by atoms with van der Waals surface area (Å²) in [6.07, 6.45) is 0.439. The molecule has 0 aromatic heterocycles. The van der Waals surface area contributed by atoms with Gasteiger partial charge in [0.25, 0.3) is 6.79 Å². The van der Waals surface area contributed by atoms with Crippen LogP contribution in [-0.4, -0.2) is 41.9 Å². The third-order valence-corrected chi connectivity index (χ3v) is 1.98. The standard InChI is InChI=1S/C10H19N3O5/c1-7(2)5-9(10(15)16)13(4)11-12-18-6-17-8(3)14/h7,9H,5-6H2,1-4H3,(H,15,16)/b12-11-/t9-/m0/s1. The number of aliphatic carboxylic acids is 1. The van der Waals surface area contributed by atoms with Gasteiger partial charge in [0, 0.05) is 19.2 Å². The van der Waals surface area contributed by atoms with E-state index < -0.39 is 18.0 Å². The summed E-state index contributed by atoms with van der Waals surface area (Å²) in [6.45, 7) is 4.71. The molecule has 0 aliphatic carbocycles. The molecule has 0 rings (SSSR count). The summed E-state index contributed by atoms with van der Waals surface area (Å²) in [4.78, 5) is 25.9. The van der Waals surface area contributed by atoms with Gasteiger partial charge in [-0.05, 0) is 17.6 Å². The van der Waals surface area contributed by atoms with E-state index in [0.717, 1.165) is 0 Å². The number of carbonyl (C=O) groups is 2. The van der Waals surface area contributed by atoms with Crippen LogP contribution in [0, 0.1) is 5.92 Å². The Morgan fingerprint density at radius 1 is 1.39 bits per heavy atom. The zero-order valence-electron chi connectivity index (χ0n) is 11.0. The van der Waals surface area contributed by atoms with Crippen LogP contribution < -0.4 is 0 Å². The van der Waals surface area contributed by atoms with E-state index in [2.05, 4.69) is 20.1 Å². The number of rotatable bonds is 8. The minimum atomic E-state index is -0.981. The molecule has 0 radical (unpaired) electrons. The van der Waals surface area contributed by atoms with Crippen molar-refractivity contribution in [3.8, 4) is 0 Å². The fraction of sp³-hybridized carbons (Fsp3) is 0.800. The Bertz CT molecular complexity index is 306. The number of likely N-dealkylation sites (N-methyl/N-ethyl adjacent to an activating group) is 1. The van der Waals surface area contributed by atoms with E-state index in [9.17, 15) is 9.59 Å². The Morgan fingerprint density at radius 3 is 2.44 bits per heavy atom. The Hall–Kier alpha value is -1.86. The molecule has 0 aliphatic rings. The average Bonchev–Trinajstić information content (AvgIpc) is 2.24. The highest BCUT2D eigenvalue weighted by Crippen LogP contribution is 2.11. The molecule has 0 saturated carbocycles. The second kappa shape index (κ2) is 8.26. The predicted octanol–water partition coefficient (Wildman–Crippen LogP) is 1.24. The molecule has 8 heteroatoms. The number of esters is 1. The molecule has 0 fully saturated rings. The van der Waals surface area contributed by atoms with E-state index in [0.29, 0.717) is 6.42 Å². The molecule has 0 aromatic carbocycles. The zero-order chi connectivity index (χ0) is 14.1. The van der Waals surface area contributed by atoms with Crippen molar-refractivity contribution in [3.05, 3.63) is 0 Å². The second-order valence-corrected chi connectivity index (χ2v) is 4.11. The Morgan fingerprint density at radius 2 is 2.00 bits per heavy atom. The van der Waals surface area contributed by atoms with Gasteiger partial charge in [0.2, 0.25) is 0 Å². The maximum atomic E-state index is 11.0. The molecule has 0 spiro atoms. The van der Waals surface area contributed by atoms with Gasteiger partial charge in [-0.25, -0.2) is 4.79 Å². The molecule has 0 saturated heterocycles. The largest absolute Gasteiger partial charge is 0.480 e. The van der Waals surface area contributed by atoms with Gasteiger partial charge < -0.3 is 14.7 Å². The SMILES string of the molecule is CC(=O)OCO/N=N\N(C)[C@@H](CC(C)C)C(=O)O. The van der Waals surface area contributed by atoms with Crippen LogP contribution in [0.4, 0.5) is 0 Å². The van der Waals surface area contributed by atoms with Gasteiger partial charge >= 0.3 is 11.9 Å². The smallest absolute Gasteiger partial charge is 0.328 e. The first-order valence-electron chi connectivity index (χ1n) is 5.46. The van der Waals surface area contributed by atoms with Gasteiger partial charge in [0.15, 0.2) is 0 Å². The molecule has 0 unspecified atom stereocenters. The summed E-state index contributed by atoms with van der Waals surface area (Å²) in [5.41, 5.74) is 0. The van der Waals surface area contributed by atoms with Crippen molar-refractivity contribution in [2.45, 2.75) is 33.2 Å². The molecule has 0 bridgehead atoms. The van der Waals surface area contributed by atoms with Gasteiger partial charge in [-0.3, -0.25) is 9.80 Å². The third kappa shape index (κ3) is 7.42. The lowest BCUT2D eigenvalue weighted by Crippen LogP contribution is -2.36. The monoisotopic (exact) mass is 261 g/mol. The second-order valence-electron chi connectivity index (χ2n) is 4.11. The molecule has 8 nitrogen and oxygen atoms in total. The third-order valence-electron chi connectivity index (χ3n) is 1.98.